The van der Waals surface area contributed by atoms with Gasteiger partial charge in [-0.1, -0.05) is 11.6 Å². The molecule has 0 aliphatic heterocycles. The highest BCUT2D eigenvalue weighted by Gasteiger charge is 2.10. The minimum absolute atomic E-state index is 0.208. The number of aromatic amines is 1. The van der Waals surface area contributed by atoms with Gasteiger partial charge in [-0.15, -0.1) is 0 Å². The van der Waals surface area contributed by atoms with Crippen LogP contribution in [0.1, 0.15) is 5.56 Å². The molecule has 0 aliphatic rings. The van der Waals surface area contributed by atoms with E-state index < -0.39 is 0 Å². The van der Waals surface area contributed by atoms with E-state index in [9.17, 15) is 4.79 Å². The van der Waals surface area contributed by atoms with E-state index in [1.54, 1.807) is 25.6 Å². The van der Waals surface area contributed by atoms with Crippen LogP contribution in [0.25, 0.3) is 5.69 Å². The highest BCUT2D eigenvalue weighted by atomic mass is 35.5. The van der Waals surface area contributed by atoms with E-state index >= 15 is 0 Å². The SMILES string of the molecule is COc1cc(Cl)c(C)cc1-n1cc[nH]c1=O. The molecule has 0 fully saturated rings. The fourth-order valence-corrected chi connectivity index (χ4v) is 1.66. The number of benzene rings is 1. The number of hydrogen-bond acceptors (Lipinski definition) is 2. The fourth-order valence-electron chi connectivity index (χ4n) is 1.51. The second-order valence-electron chi connectivity index (χ2n) is 3.41. The van der Waals surface area contributed by atoms with E-state index in [0.29, 0.717) is 16.5 Å². The molecule has 0 bridgehead atoms. The molecule has 4 nitrogen and oxygen atoms in total. The van der Waals surface area contributed by atoms with Crippen LogP contribution >= 0.6 is 11.6 Å². The normalized spacial score (nSPS) is 10.4. The van der Waals surface area contributed by atoms with Crippen molar-refractivity contribution < 1.29 is 4.74 Å². The van der Waals surface area contributed by atoms with Crippen LogP contribution in [0.15, 0.2) is 29.3 Å². The molecular formula is C11H11ClN2O2. The van der Waals surface area contributed by atoms with Crippen molar-refractivity contribution >= 4 is 11.6 Å². The third kappa shape index (κ3) is 1.72. The molecule has 0 saturated heterocycles. The number of ether oxygens (including phenoxy) is 1. The molecule has 0 radical (unpaired) electrons. The highest BCUT2D eigenvalue weighted by Crippen LogP contribution is 2.28. The van der Waals surface area contributed by atoms with Crippen LogP contribution in [0, 0.1) is 6.92 Å². The van der Waals surface area contributed by atoms with Gasteiger partial charge in [-0.2, -0.15) is 0 Å². The van der Waals surface area contributed by atoms with Crippen molar-refractivity contribution in [1.29, 1.82) is 0 Å². The van der Waals surface area contributed by atoms with Gasteiger partial charge in [-0.05, 0) is 18.6 Å². The van der Waals surface area contributed by atoms with Crippen molar-refractivity contribution in [2.24, 2.45) is 0 Å². The molecule has 2 aromatic rings. The minimum atomic E-state index is -0.208. The predicted molar refractivity (Wildman–Crippen MR) is 62.7 cm³/mol. The summed E-state index contributed by atoms with van der Waals surface area (Å²) >= 11 is 5.99. The van der Waals surface area contributed by atoms with E-state index in [4.69, 9.17) is 16.3 Å². The Bertz CT molecular complexity index is 572. The second kappa shape index (κ2) is 4.06. The number of H-pyrrole nitrogens is 1. The van der Waals surface area contributed by atoms with Gasteiger partial charge in [0.25, 0.3) is 0 Å². The molecule has 0 unspecified atom stereocenters. The molecule has 1 aromatic heterocycles. The van der Waals surface area contributed by atoms with Crippen LogP contribution in [0.5, 0.6) is 5.75 Å². The summed E-state index contributed by atoms with van der Waals surface area (Å²) in [5, 5.41) is 0.615. The van der Waals surface area contributed by atoms with Crippen LogP contribution in [0.4, 0.5) is 0 Å². The molecule has 0 atom stereocenters. The number of aromatic nitrogens is 2. The van der Waals surface area contributed by atoms with E-state index in [0.717, 1.165) is 5.56 Å². The number of nitrogens with zero attached hydrogens (tertiary/aromatic N) is 1. The summed E-state index contributed by atoms with van der Waals surface area (Å²) < 4.78 is 6.68. The standard InChI is InChI=1S/C11H11ClN2O2/c1-7-5-9(10(16-2)6-8(7)12)14-4-3-13-11(14)15/h3-6H,1-2H3,(H,13,15). The maximum atomic E-state index is 11.5. The van der Waals surface area contributed by atoms with Gasteiger partial charge in [-0.3, -0.25) is 4.57 Å². The lowest BCUT2D eigenvalue weighted by Crippen LogP contribution is -2.15. The largest absolute Gasteiger partial charge is 0.495 e. The van der Waals surface area contributed by atoms with Gasteiger partial charge in [0.1, 0.15) is 5.75 Å². The van der Waals surface area contributed by atoms with Gasteiger partial charge in [0.2, 0.25) is 0 Å². The summed E-state index contributed by atoms with van der Waals surface area (Å²) in [6.07, 6.45) is 3.22. The summed E-state index contributed by atoms with van der Waals surface area (Å²) in [6.45, 7) is 1.88. The number of halogens is 1. The highest BCUT2D eigenvalue weighted by molar-refractivity contribution is 6.31. The van der Waals surface area contributed by atoms with Gasteiger partial charge in [-0.25, -0.2) is 4.79 Å². The first-order chi connectivity index (χ1) is 7.63. The van der Waals surface area contributed by atoms with Crippen molar-refractivity contribution in [3.8, 4) is 11.4 Å². The number of imidazole rings is 1. The second-order valence-corrected chi connectivity index (χ2v) is 3.82. The Labute approximate surface area is 97.4 Å². The van der Waals surface area contributed by atoms with Gasteiger partial charge in [0, 0.05) is 23.5 Å². The first-order valence-corrected chi connectivity index (χ1v) is 5.12. The zero-order chi connectivity index (χ0) is 11.7. The summed E-state index contributed by atoms with van der Waals surface area (Å²) in [6, 6.07) is 3.52. The molecule has 1 N–H and O–H groups in total. The van der Waals surface area contributed by atoms with Crippen molar-refractivity contribution in [3.05, 3.63) is 45.6 Å². The Morgan fingerprint density at radius 3 is 2.75 bits per heavy atom. The lowest BCUT2D eigenvalue weighted by Gasteiger charge is -2.10. The first-order valence-electron chi connectivity index (χ1n) is 4.74. The van der Waals surface area contributed by atoms with E-state index in [-0.39, 0.29) is 5.69 Å². The molecule has 16 heavy (non-hydrogen) atoms. The smallest absolute Gasteiger partial charge is 0.330 e. The number of methoxy groups -OCH3 is 1. The zero-order valence-corrected chi connectivity index (χ0v) is 9.71. The van der Waals surface area contributed by atoms with Crippen LogP contribution in [0.3, 0.4) is 0 Å². The topological polar surface area (TPSA) is 47.0 Å². The number of hydrogen-bond donors (Lipinski definition) is 1. The molecule has 1 aromatic carbocycles. The summed E-state index contributed by atoms with van der Waals surface area (Å²) in [5.74, 6) is 0.567. The average Bonchev–Trinajstić information content (AvgIpc) is 2.68. The van der Waals surface area contributed by atoms with Crippen molar-refractivity contribution in [2.45, 2.75) is 6.92 Å². The van der Waals surface area contributed by atoms with Crippen LogP contribution in [-0.4, -0.2) is 16.7 Å². The molecule has 2 rings (SSSR count). The van der Waals surface area contributed by atoms with Crippen LogP contribution in [-0.2, 0) is 0 Å². The Balaban J connectivity index is 2.69. The number of aryl methyl sites for hydroxylation is 1. The van der Waals surface area contributed by atoms with E-state index in [2.05, 4.69) is 4.98 Å². The average molecular weight is 239 g/mol. The van der Waals surface area contributed by atoms with Crippen LogP contribution < -0.4 is 10.4 Å². The Kier molecular flexibility index (Phi) is 2.75. The lowest BCUT2D eigenvalue weighted by atomic mass is 10.2. The third-order valence-corrected chi connectivity index (χ3v) is 2.78. The number of nitrogens with one attached hydrogen (secondary N) is 1. The van der Waals surface area contributed by atoms with E-state index in [1.807, 2.05) is 13.0 Å². The molecule has 84 valence electrons. The molecule has 0 amide bonds. The third-order valence-electron chi connectivity index (χ3n) is 2.37. The maximum absolute atomic E-state index is 11.5. The summed E-state index contributed by atoms with van der Waals surface area (Å²) in [4.78, 5) is 14.1. The minimum Gasteiger partial charge on any atom is -0.495 e. The van der Waals surface area contributed by atoms with Gasteiger partial charge < -0.3 is 9.72 Å². The Morgan fingerprint density at radius 1 is 1.44 bits per heavy atom. The zero-order valence-electron chi connectivity index (χ0n) is 8.95. The van der Waals surface area contributed by atoms with Gasteiger partial charge in [0.15, 0.2) is 0 Å². The van der Waals surface area contributed by atoms with Gasteiger partial charge in [0.05, 0.1) is 12.8 Å². The molecule has 5 heteroatoms. The molecular weight excluding hydrogens is 228 g/mol. The first kappa shape index (κ1) is 10.8. The van der Waals surface area contributed by atoms with Crippen molar-refractivity contribution in [3.63, 3.8) is 0 Å². The summed E-state index contributed by atoms with van der Waals surface area (Å²) in [7, 11) is 1.54. The van der Waals surface area contributed by atoms with Gasteiger partial charge >= 0.3 is 5.69 Å². The van der Waals surface area contributed by atoms with Crippen LogP contribution in [0.2, 0.25) is 5.02 Å². The number of rotatable bonds is 2. The fraction of sp³-hybridized carbons (Fsp3) is 0.182. The predicted octanol–water partition coefficient (Wildman–Crippen LogP) is 2.14. The monoisotopic (exact) mass is 238 g/mol. The Hall–Kier alpha value is -1.68. The van der Waals surface area contributed by atoms with Crippen molar-refractivity contribution in [1.82, 2.24) is 9.55 Å². The van der Waals surface area contributed by atoms with Crippen molar-refractivity contribution in [2.75, 3.05) is 7.11 Å². The maximum Gasteiger partial charge on any atom is 0.330 e. The molecule has 0 aliphatic carbocycles. The lowest BCUT2D eigenvalue weighted by molar-refractivity contribution is 0.412. The summed E-state index contributed by atoms with van der Waals surface area (Å²) in [5.41, 5.74) is 1.36. The van der Waals surface area contributed by atoms with E-state index in [1.165, 1.54) is 4.57 Å². The molecule has 0 saturated carbocycles. The molecule has 0 spiro atoms. The quantitative estimate of drug-likeness (QED) is 0.871. The molecule has 1 heterocycles. The Morgan fingerprint density at radius 2 is 2.19 bits per heavy atom.